The predicted molar refractivity (Wildman–Crippen MR) is 115 cm³/mol. The van der Waals surface area contributed by atoms with Gasteiger partial charge in [-0.2, -0.15) is 4.39 Å². The van der Waals surface area contributed by atoms with Crippen LogP contribution in [0.25, 0.3) is 5.65 Å². The van der Waals surface area contributed by atoms with Crippen molar-refractivity contribution >= 4 is 17.2 Å². The van der Waals surface area contributed by atoms with Gasteiger partial charge in [0.05, 0.1) is 31.0 Å². The summed E-state index contributed by atoms with van der Waals surface area (Å²) in [7, 11) is 1.47. The molecule has 3 aliphatic rings. The highest BCUT2D eigenvalue weighted by molar-refractivity contribution is 6.06. The van der Waals surface area contributed by atoms with E-state index in [0.717, 1.165) is 12.8 Å². The Morgan fingerprint density at radius 2 is 2.16 bits per heavy atom. The maximum atomic E-state index is 15.5. The van der Waals surface area contributed by atoms with Crippen LogP contribution in [-0.4, -0.2) is 45.7 Å². The molecule has 3 fully saturated rings. The van der Waals surface area contributed by atoms with Gasteiger partial charge in [0.15, 0.2) is 0 Å². The minimum Gasteiger partial charge on any atom is -0.490 e. The Bertz CT molecular complexity index is 1220. The Labute approximate surface area is 184 Å². The number of rotatable bonds is 6. The van der Waals surface area contributed by atoms with E-state index in [4.69, 9.17) is 14.2 Å². The number of pyridine rings is 2. The van der Waals surface area contributed by atoms with Crippen LogP contribution in [0.4, 0.5) is 10.1 Å². The molecule has 3 aromatic rings. The number of imidazole rings is 1. The number of nitrogens with zero attached hydrogens (tertiary/aromatic N) is 3. The van der Waals surface area contributed by atoms with Gasteiger partial charge in [-0.15, -0.1) is 0 Å². The number of hydrogen-bond donors (Lipinski definition) is 1. The lowest BCUT2D eigenvalue weighted by atomic mass is 9.62. The molecular formula is C23H25FN4O4. The van der Waals surface area contributed by atoms with E-state index in [1.807, 2.05) is 20.8 Å². The van der Waals surface area contributed by atoms with Crippen molar-refractivity contribution in [1.82, 2.24) is 14.4 Å². The predicted octanol–water partition coefficient (Wildman–Crippen LogP) is 3.74. The fourth-order valence-electron chi connectivity index (χ4n) is 4.87. The van der Waals surface area contributed by atoms with Gasteiger partial charge < -0.3 is 19.5 Å². The van der Waals surface area contributed by atoms with Gasteiger partial charge in [0.1, 0.15) is 22.8 Å². The van der Waals surface area contributed by atoms with Crippen LogP contribution in [0.15, 0.2) is 30.6 Å². The van der Waals surface area contributed by atoms with E-state index >= 15 is 4.39 Å². The third kappa shape index (κ3) is 3.19. The second-order valence-corrected chi connectivity index (χ2v) is 9.08. The normalized spacial score (nSPS) is 23.9. The first kappa shape index (κ1) is 20.7. The van der Waals surface area contributed by atoms with E-state index in [-0.39, 0.29) is 23.1 Å². The van der Waals surface area contributed by atoms with Crippen molar-refractivity contribution < 1.29 is 23.4 Å². The molecule has 1 N–H and O–H groups in total. The van der Waals surface area contributed by atoms with Gasteiger partial charge in [-0.3, -0.25) is 9.20 Å². The van der Waals surface area contributed by atoms with Crippen LogP contribution in [-0.2, 0) is 10.2 Å². The number of methoxy groups -OCH3 is 1. The van der Waals surface area contributed by atoms with Crippen LogP contribution in [0, 0.1) is 5.95 Å². The van der Waals surface area contributed by atoms with Crippen molar-refractivity contribution in [3.05, 3.63) is 47.8 Å². The lowest BCUT2D eigenvalue weighted by molar-refractivity contribution is 0.0150. The molecule has 0 aromatic carbocycles. The monoisotopic (exact) mass is 440 g/mol. The van der Waals surface area contributed by atoms with Crippen molar-refractivity contribution in [2.45, 2.75) is 50.7 Å². The number of halogens is 1. The minimum atomic E-state index is -0.475. The fourth-order valence-corrected chi connectivity index (χ4v) is 4.87. The van der Waals surface area contributed by atoms with Crippen LogP contribution in [0.5, 0.6) is 11.6 Å². The third-order valence-corrected chi connectivity index (χ3v) is 6.11. The number of aromatic nitrogens is 3. The SMILES string of the molecule is COc1ncccc1NC(=O)c1cn2c(F)c(C34COC(C)(C3)C4)nc2cc1OC(C)C. The van der Waals surface area contributed by atoms with Gasteiger partial charge in [-0.25, -0.2) is 9.97 Å². The first-order chi connectivity index (χ1) is 15.2. The molecule has 9 heteroatoms. The number of hydrogen-bond acceptors (Lipinski definition) is 6. The minimum absolute atomic E-state index is 0.179. The maximum absolute atomic E-state index is 15.5. The topological polar surface area (TPSA) is 87.0 Å². The highest BCUT2D eigenvalue weighted by atomic mass is 19.1. The molecule has 2 aliphatic heterocycles. The number of anilines is 1. The fraction of sp³-hybridized carbons (Fsp3) is 0.435. The summed E-state index contributed by atoms with van der Waals surface area (Å²) in [6, 6.07) is 4.96. The molecule has 2 bridgehead atoms. The smallest absolute Gasteiger partial charge is 0.261 e. The quantitative estimate of drug-likeness (QED) is 0.629. The summed E-state index contributed by atoms with van der Waals surface area (Å²) in [5.74, 6) is -0.348. The molecule has 0 spiro atoms. The number of ether oxygens (including phenoxy) is 3. The van der Waals surface area contributed by atoms with E-state index in [0.29, 0.717) is 29.4 Å². The Kier molecular flexibility index (Phi) is 4.63. The second-order valence-electron chi connectivity index (χ2n) is 9.08. The standard InChI is InChI=1S/C23H25FN4O4/c1-13(2)32-16-8-17-27-18(23-10-22(3,11-23)31-12-23)19(24)28(17)9-14(16)20(29)26-15-6-5-7-25-21(15)30-4/h5-9,13H,10-12H2,1-4H3,(H,26,29). The average molecular weight is 440 g/mol. The van der Waals surface area contributed by atoms with Crippen molar-refractivity contribution in [1.29, 1.82) is 0 Å². The van der Waals surface area contributed by atoms with Gasteiger partial charge in [-0.1, -0.05) is 0 Å². The highest BCUT2D eigenvalue weighted by Crippen LogP contribution is 2.58. The molecule has 2 saturated heterocycles. The summed E-state index contributed by atoms with van der Waals surface area (Å²) < 4.78 is 33.7. The van der Waals surface area contributed by atoms with Gasteiger partial charge in [0.2, 0.25) is 11.8 Å². The first-order valence-electron chi connectivity index (χ1n) is 10.6. The summed E-state index contributed by atoms with van der Waals surface area (Å²) in [6.45, 7) is 6.21. The summed E-state index contributed by atoms with van der Waals surface area (Å²) >= 11 is 0. The molecule has 0 atom stereocenters. The average Bonchev–Trinajstić information content (AvgIpc) is 3.36. The van der Waals surface area contributed by atoms with Crippen molar-refractivity contribution in [3.63, 3.8) is 0 Å². The molecular weight excluding hydrogens is 415 g/mol. The van der Waals surface area contributed by atoms with Crippen LogP contribution in [0.2, 0.25) is 0 Å². The van der Waals surface area contributed by atoms with Crippen LogP contribution >= 0.6 is 0 Å². The van der Waals surface area contributed by atoms with Crippen molar-refractivity contribution in [2.75, 3.05) is 19.0 Å². The summed E-state index contributed by atoms with van der Waals surface area (Å²) in [5.41, 5.74) is 0.752. The Morgan fingerprint density at radius 1 is 1.38 bits per heavy atom. The molecule has 8 nitrogen and oxygen atoms in total. The van der Waals surface area contributed by atoms with Crippen LogP contribution in [0.3, 0.4) is 0 Å². The van der Waals surface area contributed by atoms with Crippen LogP contribution in [0.1, 0.15) is 49.7 Å². The van der Waals surface area contributed by atoms with Gasteiger partial charge in [-0.05, 0) is 45.7 Å². The number of amides is 1. The van der Waals surface area contributed by atoms with E-state index in [2.05, 4.69) is 15.3 Å². The van der Waals surface area contributed by atoms with E-state index in [1.54, 1.807) is 24.4 Å². The number of carbonyl (C=O) groups excluding carboxylic acids is 1. The zero-order valence-electron chi connectivity index (χ0n) is 18.4. The number of fused-ring (bicyclic) bond motifs is 2. The highest BCUT2D eigenvalue weighted by Gasteiger charge is 2.62. The molecule has 0 radical (unpaired) electrons. The molecule has 1 amide bonds. The van der Waals surface area contributed by atoms with Crippen molar-refractivity contribution in [2.24, 2.45) is 0 Å². The van der Waals surface area contributed by atoms with E-state index < -0.39 is 17.3 Å². The Hall–Kier alpha value is -3.20. The molecule has 1 aliphatic carbocycles. The zero-order valence-corrected chi connectivity index (χ0v) is 18.4. The molecule has 0 unspecified atom stereocenters. The second kappa shape index (κ2) is 7.16. The first-order valence-corrected chi connectivity index (χ1v) is 10.6. The van der Waals surface area contributed by atoms with Crippen molar-refractivity contribution in [3.8, 4) is 11.6 Å². The largest absolute Gasteiger partial charge is 0.490 e. The Morgan fingerprint density at radius 3 is 2.81 bits per heavy atom. The Balaban J connectivity index is 1.56. The number of carbonyl (C=O) groups is 1. The summed E-state index contributed by atoms with van der Waals surface area (Å²) in [6.07, 6.45) is 4.29. The zero-order chi connectivity index (χ0) is 22.7. The molecule has 32 heavy (non-hydrogen) atoms. The molecule has 1 saturated carbocycles. The van der Waals surface area contributed by atoms with E-state index in [9.17, 15) is 4.79 Å². The number of nitrogens with one attached hydrogen (secondary N) is 1. The lowest BCUT2D eigenvalue weighted by Crippen LogP contribution is -2.45. The summed E-state index contributed by atoms with van der Waals surface area (Å²) in [4.78, 5) is 21.8. The third-order valence-electron chi connectivity index (χ3n) is 6.11. The molecule has 5 heterocycles. The van der Waals surface area contributed by atoms with Gasteiger partial charge >= 0.3 is 0 Å². The molecule has 168 valence electrons. The molecule has 6 rings (SSSR count). The molecule has 3 aromatic heterocycles. The van der Waals surface area contributed by atoms with E-state index in [1.165, 1.54) is 17.7 Å². The van der Waals surface area contributed by atoms with Crippen LogP contribution < -0.4 is 14.8 Å². The maximum Gasteiger partial charge on any atom is 0.261 e. The van der Waals surface area contributed by atoms with Gasteiger partial charge in [0, 0.05) is 23.9 Å². The lowest BCUT2D eigenvalue weighted by Gasteiger charge is -2.41. The van der Waals surface area contributed by atoms with Gasteiger partial charge in [0.25, 0.3) is 5.91 Å². The summed E-state index contributed by atoms with van der Waals surface area (Å²) in [5, 5.41) is 2.78.